The molecule has 0 aromatic rings. The molecule has 69 heavy (non-hydrogen) atoms. The van der Waals surface area contributed by atoms with E-state index in [9.17, 15) is 24.5 Å². The molecule has 0 saturated heterocycles. The van der Waals surface area contributed by atoms with Crippen LogP contribution in [0.15, 0.2) is 12.2 Å². The third-order valence-corrected chi connectivity index (χ3v) is 15.1. The fraction of sp³-hybridized carbons (Fsp3) is 0.949. The summed E-state index contributed by atoms with van der Waals surface area (Å²) in [5.74, 6) is -0.272. The van der Waals surface area contributed by atoms with Gasteiger partial charge in [-0.15, -0.1) is 0 Å². The van der Waals surface area contributed by atoms with E-state index in [0.29, 0.717) is 17.4 Å². The van der Waals surface area contributed by atoms with Crippen LogP contribution in [0.25, 0.3) is 0 Å². The Hall–Kier alpha value is -0.800. The van der Waals surface area contributed by atoms with Crippen molar-refractivity contribution in [3.8, 4) is 0 Å². The van der Waals surface area contributed by atoms with E-state index in [1.165, 1.54) is 238 Å². The third kappa shape index (κ3) is 51.9. The molecule has 0 spiro atoms. The molecule has 0 bridgehead atoms. The number of hydrogen-bond acceptors (Lipinski definition) is 7. The van der Waals surface area contributed by atoms with Crippen molar-refractivity contribution in [2.24, 2.45) is 0 Å². The zero-order valence-electron chi connectivity index (χ0n) is 46.7. The Balaban J connectivity index is 4.01. The average molecular weight is 1000 g/mol. The Morgan fingerprint density at radius 1 is 0.507 bits per heavy atom. The number of carbonyl (C=O) groups excluding carboxylic acids is 1. The predicted molar refractivity (Wildman–Crippen MR) is 295 cm³/mol. The van der Waals surface area contributed by atoms with Crippen molar-refractivity contribution in [1.29, 1.82) is 0 Å². The van der Waals surface area contributed by atoms with Crippen LogP contribution >= 0.6 is 7.82 Å². The van der Waals surface area contributed by atoms with E-state index < -0.39 is 32.7 Å². The molecule has 412 valence electrons. The van der Waals surface area contributed by atoms with E-state index in [-0.39, 0.29) is 18.9 Å². The summed E-state index contributed by atoms with van der Waals surface area (Å²) in [5.41, 5.74) is 0. The SMILES string of the molecule is CCCCCCCCCC/C=C\CCCCCCCCCCCCCCCCCCCCCCCC(=O)NC(COP(=O)([O-])OCC[N+](C)(C)C)C(O)C(O)CCCCCCCCCCCCCC. The van der Waals surface area contributed by atoms with Crippen LogP contribution in [0, 0.1) is 0 Å². The summed E-state index contributed by atoms with van der Waals surface area (Å²) in [4.78, 5) is 25.5. The molecule has 0 aliphatic heterocycles. The molecule has 10 heteroatoms. The number of rotatable bonds is 56. The Morgan fingerprint density at radius 2 is 0.826 bits per heavy atom. The highest BCUT2D eigenvalue weighted by Gasteiger charge is 2.29. The fourth-order valence-corrected chi connectivity index (χ4v) is 10.0. The summed E-state index contributed by atoms with van der Waals surface area (Å²) in [6.07, 6.45) is 58.6. The van der Waals surface area contributed by atoms with Crippen LogP contribution in [-0.4, -0.2) is 79.8 Å². The normalized spacial score (nSPS) is 14.4. The van der Waals surface area contributed by atoms with Crippen LogP contribution < -0.4 is 10.2 Å². The first-order chi connectivity index (χ1) is 33.4. The quantitative estimate of drug-likeness (QED) is 0.0240. The van der Waals surface area contributed by atoms with Crippen molar-refractivity contribution >= 4 is 13.7 Å². The number of aliphatic hydroxyl groups excluding tert-OH is 2. The Kier molecular flexibility index (Phi) is 50.1. The highest BCUT2D eigenvalue weighted by atomic mass is 31.2. The Morgan fingerprint density at radius 3 is 1.17 bits per heavy atom. The number of quaternary nitrogens is 1. The van der Waals surface area contributed by atoms with Gasteiger partial charge in [-0.2, -0.15) is 0 Å². The molecule has 0 heterocycles. The maximum absolute atomic E-state index is 13.0. The monoisotopic (exact) mass is 999 g/mol. The summed E-state index contributed by atoms with van der Waals surface area (Å²) in [5, 5.41) is 24.8. The minimum absolute atomic E-state index is 0.0375. The van der Waals surface area contributed by atoms with E-state index in [1.54, 1.807) is 0 Å². The molecule has 0 aromatic carbocycles. The van der Waals surface area contributed by atoms with Gasteiger partial charge >= 0.3 is 0 Å². The van der Waals surface area contributed by atoms with E-state index in [1.807, 2.05) is 21.1 Å². The van der Waals surface area contributed by atoms with Crippen molar-refractivity contribution in [2.75, 3.05) is 40.9 Å². The zero-order valence-corrected chi connectivity index (χ0v) is 47.6. The van der Waals surface area contributed by atoms with Gasteiger partial charge in [0.2, 0.25) is 5.91 Å². The van der Waals surface area contributed by atoms with E-state index >= 15 is 0 Å². The molecule has 4 unspecified atom stereocenters. The zero-order chi connectivity index (χ0) is 50.8. The van der Waals surface area contributed by atoms with E-state index in [0.717, 1.165) is 38.5 Å². The van der Waals surface area contributed by atoms with Gasteiger partial charge < -0.3 is 34.0 Å². The Labute approximate surface area is 429 Å². The van der Waals surface area contributed by atoms with Crippen LogP contribution in [-0.2, 0) is 18.4 Å². The van der Waals surface area contributed by atoms with E-state index in [4.69, 9.17) is 9.05 Å². The molecule has 0 fully saturated rings. The smallest absolute Gasteiger partial charge is 0.268 e. The second-order valence-electron chi connectivity index (χ2n) is 22.2. The molecule has 9 nitrogen and oxygen atoms in total. The van der Waals surface area contributed by atoms with Crippen LogP contribution in [0.5, 0.6) is 0 Å². The molecule has 0 aromatic heterocycles. The van der Waals surface area contributed by atoms with Crippen molar-refractivity contribution in [3.63, 3.8) is 0 Å². The minimum Gasteiger partial charge on any atom is -0.756 e. The number of nitrogens with one attached hydrogen (secondary N) is 1. The molecule has 0 radical (unpaired) electrons. The molecule has 0 rings (SSSR count). The van der Waals surface area contributed by atoms with Gasteiger partial charge in [-0.3, -0.25) is 9.36 Å². The lowest BCUT2D eigenvalue weighted by Crippen LogP contribution is -2.51. The molecule has 0 aliphatic carbocycles. The first kappa shape index (κ1) is 68.2. The summed E-state index contributed by atoms with van der Waals surface area (Å²) in [6, 6.07) is -1.07. The topological polar surface area (TPSA) is 128 Å². The molecule has 0 saturated carbocycles. The van der Waals surface area contributed by atoms with Crippen LogP contribution in [0.4, 0.5) is 0 Å². The fourth-order valence-electron chi connectivity index (χ4n) is 9.31. The summed E-state index contributed by atoms with van der Waals surface area (Å²) >= 11 is 0. The van der Waals surface area contributed by atoms with Crippen molar-refractivity contribution in [3.05, 3.63) is 12.2 Å². The maximum atomic E-state index is 13.0. The van der Waals surface area contributed by atoms with Crippen molar-refractivity contribution in [1.82, 2.24) is 5.32 Å². The molecule has 0 aliphatic rings. The predicted octanol–water partition coefficient (Wildman–Crippen LogP) is 16.6. The molecule has 4 atom stereocenters. The number of nitrogens with zero attached hydrogens (tertiary/aromatic N) is 1. The number of aliphatic hydroxyl groups is 2. The number of carbonyl (C=O) groups is 1. The molecule has 3 N–H and O–H groups in total. The molecular formula is C59H119N2O7P. The van der Waals surface area contributed by atoms with Gasteiger partial charge in [-0.1, -0.05) is 270 Å². The first-order valence-electron chi connectivity index (χ1n) is 30.1. The van der Waals surface area contributed by atoms with Gasteiger partial charge in [0.1, 0.15) is 19.3 Å². The van der Waals surface area contributed by atoms with Gasteiger partial charge in [-0.25, -0.2) is 0 Å². The average Bonchev–Trinajstić information content (AvgIpc) is 3.31. The summed E-state index contributed by atoms with van der Waals surface area (Å²) in [6.45, 7) is 4.47. The van der Waals surface area contributed by atoms with Gasteiger partial charge in [0, 0.05) is 6.42 Å². The van der Waals surface area contributed by atoms with Crippen molar-refractivity contribution < 1.29 is 38.0 Å². The lowest BCUT2D eigenvalue weighted by Gasteiger charge is -2.31. The van der Waals surface area contributed by atoms with Crippen LogP contribution in [0.1, 0.15) is 303 Å². The number of phosphoric ester groups is 1. The highest BCUT2D eigenvalue weighted by molar-refractivity contribution is 7.45. The van der Waals surface area contributed by atoms with E-state index in [2.05, 4.69) is 31.3 Å². The van der Waals surface area contributed by atoms with Gasteiger partial charge in [0.05, 0.1) is 39.9 Å². The first-order valence-corrected chi connectivity index (χ1v) is 31.6. The summed E-state index contributed by atoms with van der Waals surface area (Å²) in [7, 11) is 1.14. The van der Waals surface area contributed by atoms with Gasteiger partial charge in [0.15, 0.2) is 0 Å². The van der Waals surface area contributed by atoms with Crippen molar-refractivity contribution in [2.45, 2.75) is 321 Å². The number of unbranched alkanes of at least 4 members (excludes halogenated alkanes) is 40. The van der Waals surface area contributed by atoms with Gasteiger partial charge in [0.25, 0.3) is 7.82 Å². The summed E-state index contributed by atoms with van der Waals surface area (Å²) < 4.78 is 23.3. The number of phosphoric acid groups is 1. The molecule has 1 amide bonds. The largest absolute Gasteiger partial charge is 0.756 e. The number of likely N-dealkylation sites (N-methyl/N-ethyl adjacent to an activating group) is 1. The lowest BCUT2D eigenvalue weighted by atomic mass is 9.99. The standard InChI is InChI=1S/C59H119N2O7P/c1-6-8-10-12-14-16-18-20-21-22-23-24-25-26-27-28-29-30-31-32-33-34-35-36-37-38-39-40-42-44-46-48-50-52-58(63)60-56(55-68-69(65,66)67-54-53-61(3,4)5)59(64)57(62)51-49-47-45-43-41-19-17-15-13-11-9-7-2/h22-23,56-57,59,62,64H,6-21,24-55H2,1-5H3,(H-,60,63,65,66)/b23-22-. The second kappa shape index (κ2) is 50.7. The van der Waals surface area contributed by atoms with Gasteiger partial charge in [-0.05, 0) is 38.5 Å². The molecular weight excluding hydrogens is 880 g/mol. The number of hydrogen-bond donors (Lipinski definition) is 3. The maximum Gasteiger partial charge on any atom is 0.268 e. The number of allylic oxidation sites excluding steroid dienone is 2. The van der Waals surface area contributed by atoms with Crippen LogP contribution in [0.2, 0.25) is 0 Å². The minimum atomic E-state index is -4.67. The number of amides is 1. The highest BCUT2D eigenvalue weighted by Crippen LogP contribution is 2.38. The lowest BCUT2D eigenvalue weighted by molar-refractivity contribution is -0.870. The second-order valence-corrected chi connectivity index (χ2v) is 23.6. The third-order valence-electron chi connectivity index (χ3n) is 14.1. The van der Waals surface area contributed by atoms with Crippen LogP contribution in [0.3, 0.4) is 0 Å². The Bertz CT molecular complexity index is 1150.